The summed E-state index contributed by atoms with van der Waals surface area (Å²) in [6.45, 7) is 5.22. The molecule has 2 unspecified atom stereocenters. The molecule has 1 aliphatic heterocycles. The number of carboxylic acids is 1. The van der Waals surface area contributed by atoms with Gasteiger partial charge in [-0.05, 0) is 37.5 Å². The fraction of sp³-hybridized carbons (Fsp3) is 0.409. The highest BCUT2D eigenvalue weighted by Gasteiger charge is 2.37. The van der Waals surface area contributed by atoms with Crippen molar-refractivity contribution in [1.29, 1.82) is 0 Å². The first-order valence-corrected chi connectivity index (χ1v) is 9.19. The van der Waals surface area contributed by atoms with Crippen LogP contribution in [0.25, 0.3) is 0 Å². The van der Waals surface area contributed by atoms with Gasteiger partial charge in [-0.2, -0.15) is 0 Å². The van der Waals surface area contributed by atoms with Gasteiger partial charge in [0.1, 0.15) is 0 Å². The standard InChI is InChI=1S/C22H26O5/c1-22(2)26-14-18(12-17-10-6-7-11-19(17)21(23)24)20(27-22)15-25-13-16-8-4-3-5-9-16/h3-11,18,20H,12-15H2,1-2H3,(H,23,24). The van der Waals surface area contributed by atoms with E-state index in [0.29, 0.717) is 31.8 Å². The molecule has 1 heterocycles. The minimum atomic E-state index is -0.916. The predicted molar refractivity (Wildman–Crippen MR) is 102 cm³/mol. The Labute approximate surface area is 159 Å². The van der Waals surface area contributed by atoms with Crippen LogP contribution in [0, 0.1) is 5.92 Å². The average Bonchev–Trinajstić information content (AvgIpc) is 2.65. The topological polar surface area (TPSA) is 65.0 Å². The van der Waals surface area contributed by atoms with Crippen LogP contribution in [0.1, 0.15) is 35.3 Å². The van der Waals surface area contributed by atoms with Crippen LogP contribution in [0.4, 0.5) is 0 Å². The van der Waals surface area contributed by atoms with Crippen molar-refractivity contribution in [2.75, 3.05) is 13.2 Å². The second-order valence-corrected chi connectivity index (χ2v) is 7.29. The largest absolute Gasteiger partial charge is 0.478 e. The van der Waals surface area contributed by atoms with Gasteiger partial charge in [-0.15, -0.1) is 0 Å². The van der Waals surface area contributed by atoms with Gasteiger partial charge >= 0.3 is 5.97 Å². The Morgan fingerprint density at radius 2 is 1.85 bits per heavy atom. The van der Waals surface area contributed by atoms with Crippen molar-refractivity contribution < 1.29 is 24.1 Å². The number of rotatable bonds is 7. The van der Waals surface area contributed by atoms with Crippen molar-refractivity contribution >= 4 is 5.97 Å². The van der Waals surface area contributed by atoms with E-state index in [9.17, 15) is 9.90 Å². The summed E-state index contributed by atoms with van der Waals surface area (Å²) >= 11 is 0. The zero-order chi connectivity index (χ0) is 19.3. The van der Waals surface area contributed by atoms with Crippen LogP contribution >= 0.6 is 0 Å². The van der Waals surface area contributed by atoms with E-state index in [1.807, 2.05) is 56.3 Å². The molecule has 1 fully saturated rings. The van der Waals surface area contributed by atoms with Gasteiger partial charge in [-0.3, -0.25) is 0 Å². The summed E-state index contributed by atoms with van der Waals surface area (Å²) in [6.07, 6.45) is 0.400. The number of benzene rings is 2. The van der Waals surface area contributed by atoms with Crippen LogP contribution in [0.15, 0.2) is 54.6 Å². The van der Waals surface area contributed by atoms with E-state index in [-0.39, 0.29) is 12.0 Å². The lowest BCUT2D eigenvalue weighted by Crippen LogP contribution is -2.48. The molecule has 1 aliphatic rings. The molecule has 0 bridgehead atoms. The number of ether oxygens (including phenoxy) is 3. The molecule has 5 nitrogen and oxygen atoms in total. The van der Waals surface area contributed by atoms with E-state index in [2.05, 4.69) is 0 Å². The quantitative estimate of drug-likeness (QED) is 0.800. The maximum atomic E-state index is 11.5. The highest BCUT2D eigenvalue weighted by molar-refractivity contribution is 5.89. The maximum absolute atomic E-state index is 11.5. The number of carboxylic acid groups (broad SMARTS) is 1. The molecule has 0 radical (unpaired) electrons. The van der Waals surface area contributed by atoms with Crippen LogP contribution in [-0.4, -0.2) is 36.2 Å². The van der Waals surface area contributed by atoms with Gasteiger partial charge in [0.25, 0.3) is 0 Å². The minimum absolute atomic E-state index is 0.0225. The normalized spacial score (nSPS) is 21.7. The van der Waals surface area contributed by atoms with Crippen molar-refractivity contribution in [3.8, 4) is 0 Å². The first-order chi connectivity index (χ1) is 12.9. The SMILES string of the molecule is CC1(C)OCC(Cc2ccccc2C(=O)O)C(COCc2ccccc2)O1. The second-order valence-electron chi connectivity index (χ2n) is 7.29. The summed E-state index contributed by atoms with van der Waals surface area (Å²) in [7, 11) is 0. The molecule has 1 N–H and O–H groups in total. The highest BCUT2D eigenvalue weighted by Crippen LogP contribution is 2.29. The van der Waals surface area contributed by atoms with Gasteiger partial charge in [-0.25, -0.2) is 4.79 Å². The first kappa shape index (κ1) is 19.5. The second kappa shape index (κ2) is 8.65. The lowest BCUT2D eigenvalue weighted by Gasteiger charge is -2.41. The summed E-state index contributed by atoms with van der Waals surface area (Å²) in [5, 5.41) is 9.42. The number of carbonyl (C=O) groups is 1. The van der Waals surface area contributed by atoms with E-state index in [0.717, 1.165) is 11.1 Å². The number of hydrogen-bond acceptors (Lipinski definition) is 4. The van der Waals surface area contributed by atoms with Crippen molar-refractivity contribution in [2.24, 2.45) is 5.92 Å². The Bertz CT molecular complexity index is 756. The van der Waals surface area contributed by atoms with Gasteiger partial charge in [0.15, 0.2) is 5.79 Å². The third kappa shape index (κ3) is 5.39. The monoisotopic (exact) mass is 370 g/mol. The van der Waals surface area contributed by atoms with Gasteiger partial charge in [-0.1, -0.05) is 48.5 Å². The van der Waals surface area contributed by atoms with E-state index in [4.69, 9.17) is 14.2 Å². The summed E-state index contributed by atoms with van der Waals surface area (Å²) in [6, 6.07) is 17.1. The molecule has 2 aromatic rings. The Kier molecular flexibility index (Phi) is 6.26. The summed E-state index contributed by atoms with van der Waals surface area (Å²) < 4.78 is 17.8. The smallest absolute Gasteiger partial charge is 0.335 e. The zero-order valence-electron chi connectivity index (χ0n) is 15.8. The maximum Gasteiger partial charge on any atom is 0.335 e. The Morgan fingerprint density at radius 1 is 1.15 bits per heavy atom. The van der Waals surface area contributed by atoms with Crippen LogP contribution in [0.2, 0.25) is 0 Å². The molecule has 2 atom stereocenters. The summed E-state index contributed by atoms with van der Waals surface area (Å²) in [5.41, 5.74) is 2.22. The van der Waals surface area contributed by atoms with Crippen molar-refractivity contribution in [2.45, 2.75) is 38.8 Å². The van der Waals surface area contributed by atoms with Gasteiger partial charge in [0, 0.05) is 5.92 Å². The molecule has 0 aliphatic carbocycles. The van der Waals surface area contributed by atoms with Gasteiger partial charge < -0.3 is 19.3 Å². The van der Waals surface area contributed by atoms with Crippen LogP contribution in [0.5, 0.6) is 0 Å². The first-order valence-electron chi connectivity index (χ1n) is 9.19. The highest BCUT2D eigenvalue weighted by atomic mass is 16.7. The molecule has 0 amide bonds. The van der Waals surface area contributed by atoms with Crippen molar-refractivity contribution in [1.82, 2.24) is 0 Å². The third-order valence-corrected chi connectivity index (χ3v) is 4.73. The molecule has 0 saturated carbocycles. The molecule has 1 saturated heterocycles. The zero-order valence-corrected chi connectivity index (χ0v) is 15.8. The molecule has 27 heavy (non-hydrogen) atoms. The summed E-state index contributed by atoms with van der Waals surface area (Å²) in [5.74, 6) is -1.57. The molecule has 3 rings (SSSR count). The van der Waals surface area contributed by atoms with E-state index < -0.39 is 11.8 Å². The lowest BCUT2D eigenvalue weighted by molar-refractivity contribution is -0.300. The molecule has 0 spiro atoms. The van der Waals surface area contributed by atoms with Crippen LogP contribution in [-0.2, 0) is 27.2 Å². The molecular weight excluding hydrogens is 344 g/mol. The Hall–Kier alpha value is -2.21. The molecule has 5 heteroatoms. The van der Waals surface area contributed by atoms with Crippen molar-refractivity contribution in [3.63, 3.8) is 0 Å². The van der Waals surface area contributed by atoms with E-state index >= 15 is 0 Å². The van der Waals surface area contributed by atoms with Gasteiger partial charge in [0.2, 0.25) is 0 Å². The molecule has 2 aromatic carbocycles. The van der Waals surface area contributed by atoms with Gasteiger partial charge in [0.05, 0.1) is 31.5 Å². The number of hydrogen-bond donors (Lipinski definition) is 1. The fourth-order valence-corrected chi connectivity index (χ4v) is 3.33. The molecule has 144 valence electrons. The summed E-state index contributed by atoms with van der Waals surface area (Å²) in [4.78, 5) is 11.5. The minimum Gasteiger partial charge on any atom is -0.478 e. The van der Waals surface area contributed by atoms with Crippen LogP contribution < -0.4 is 0 Å². The third-order valence-electron chi connectivity index (χ3n) is 4.73. The van der Waals surface area contributed by atoms with Crippen molar-refractivity contribution in [3.05, 3.63) is 71.3 Å². The molecular formula is C22H26O5. The molecule has 0 aromatic heterocycles. The predicted octanol–water partition coefficient (Wildman–Crippen LogP) is 3.91. The fourth-order valence-electron chi connectivity index (χ4n) is 3.33. The Balaban J connectivity index is 1.67. The average molecular weight is 370 g/mol. The van der Waals surface area contributed by atoms with E-state index in [1.54, 1.807) is 12.1 Å². The van der Waals surface area contributed by atoms with Crippen LogP contribution in [0.3, 0.4) is 0 Å². The lowest BCUT2D eigenvalue weighted by atomic mass is 9.91. The van der Waals surface area contributed by atoms with E-state index in [1.165, 1.54) is 0 Å². The number of aromatic carboxylic acids is 1. The Morgan fingerprint density at radius 3 is 2.59 bits per heavy atom.